The second-order valence-electron chi connectivity index (χ2n) is 9.34. The van der Waals surface area contributed by atoms with Crippen molar-refractivity contribution in [1.29, 1.82) is 0 Å². The molecule has 0 spiro atoms. The van der Waals surface area contributed by atoms with Crippen LogP contribution in [0.15, 0.2) is 59.1 Å². The number of fused-ring (bicyclic) bond motifs is 1. The summed E-state index contributed by atoms with van der Waals surface area (Å²) in [6, 6.07) is 7.16. The fourth-order valence-electron chi connectivity index (χ4n) is 5.36. The second-order valence-corrected chi connectivity index (χ2v) is 9.34. The van der Waals surface area contributed by atoms with Crippen LogP contribution in [0.1, 0.15) is 45.1 Å². The summed E-state index contributed by atoms with van der Waals surface area (Å²) in [6.07, 6.45) is 13.5. The van der Waals surface area contributed by atoms with Crippen molar-refractivity contribution in [2.45, 2.75) is 39.5 Å². The SMILES string of the molecule is CC(C(=O)C1=NC(c2cccc(O)c2)=C2C=CC=CC12)C(C)C(C1CC1)C1CC1. The van der Waals surface area contributed by atoms with Gasteiger partial charge >= 0.3 is 0 Å². The zero-order valence-electron chi connectivity index (χ0n) is 17.2. The molecule has 3 atom stereocenters. The average molecular weight is 388 g/mol. The standard InChI is InChI=1S/C26H29NO2/c1-15(23(17-10-11-17)18-12-13-18)16(2)26(29)25-22-9-4-3-8-21(22)24(27-25)19-6-5-7-20(28)14-19/h3-9,14-18,22-23,28H,10-13H2,1-2H3. The lowest BCUT2D eigenvalue weighted by atomic mass is 9.74. The van der Waals surface area contributed by atoms with Crippen LogP contribution in [0.5, 0.6) is 5.75 Å². The number of ketones is 1. The summed E-state index contributed by atoms with van der Waals surface area (Å²) >= 11 is 0. The van der Waals surface area contributed by atoms with Crippen molar-refractivity contribution in [3.8, 4) is 5.75 Å². The van der Waals surface area contributed by atoms with E-state index >= 15 is 0 Å². The molecule has 3 nitrogen and oxygen atoms in total. The molecule has 0 radical (unpaired) electrons. The number of rotatable bonds is 7. The molecule has 2 saturated carbocycles. The highest BCUT2D eigenvalue weighted by Crippen LogP contribution is 2.54. The smallest absolute Gasteiger partial charge is 0.181 e. The third-order valence-electron chi connectivity index (χ3n) is 7.34. The van der Waals surface area contributed by atoms with Crippen molar-refractivity contribution >= 4 is 17.2 Å². The summed E-state index contributed by atoms with van der Waals surface area (Å²) in [5.74, 6) is 3.12. The summed E-state index contributed by atoms with van der Waals surface area (Å²) in [6.45, 7) is 4.40. The van der Waals surface area contributed by atoms with Gasteiger partial charge in [-0.25, -0.2) is 4.99 Å². The Bertz CT molecular complexity index is 947. The lowest BCUT2D eigenvalue weighted by molar-refractivity contribution is -0.118. The van der Waals surface area contributed by atoms with Crippen molar-refractivity contribution in [2.75, 3.05) is 0 Å². The van der Waals surface area contributed by atoms with Gasteiger partial charge in [-0.2, -0.15) is 0 Å². The van der Waals surface area contributed by atoms with Gasteiger partial charge in [0.1, 0.15) is 5.75 Å². The van der Waals surface area contributed by atoms with Gasteiger partial charge in [-0.3, -0.25) is 4.79 Å². The molecule has 1 N–H and O–H groups in total. The Morgan fingerprint density at radius 1 is 1.10 bits per heavy atom. The number of aliphatic imine (C=N–C) groups is 1. The highest BCUT2D eigenvalue weighted by atomic mass is 16.3. The fourth-order valence-corrected chi connectivity index (χ4v) is 5.36. The number of nitrogens with zero attached hydrogens (tertiary/aromatic N) is 1. The van der Waals surface area contributed by atoms with Crippen molar-refractivity contribution in [1.82, 2.24) is 0 Å². The number of Topliss-reactive ketones (excluding diaryl/α,β-unsaturated/α-hetero) is 1. The summed E-state index contributed by atoms with van der Waals surface area (Å²) in [4.78, 5) is 18.5. The lowest BCUT2D eigenvalue weighted by Gasteiger charge is -2.29. The molecular formula is C26H29NO2. The molecule has 29 heavy (non-hydrogen) atoms. The number of allylic oxidation sites excluding steroid dienone is 5. The van der Waals surface area contributed by atoms with E-state index in [-0.39, 0.29) is 23.4 Å². The van der Waals surface area contributed by atoms with Gasteiger partial charge in [-0.1, -0.05) is 50.3 Å². The van der Waals surface area contributed by atoms with E-state index in [1.165, 1.54) is 25.7 Å². The van der Waals surface area contributed by atoms with Crippen LogP contribution in [0.25, 0.3) is 5.70 Å². The van der Waals surface area contributed by atoms with Crippen LogP contribution in [0.4, 0.5) is 0 Å². The summed E-state index contributed by atoms with van der Waals surface area (Å²) < 4.78 is 0. The number of phenols is 1. The molecule has 0 bridgehead atoms. The molecule has 0 aromatic heterocycles. The zero-order chi connectivity index (χ0) is 20.1. The normalized spacial score (nSPS) is 25.2. The number of aromatic hydroxyl groups is 1. The van der Waals surface area contributed by atoms with Crippen LogP contribution in [-0.2, 0) is 4.79 Å². The van der Waals surface area contributed by atoms with Crippen molar-refractivity contribution in [2.24, 2.45) is 40.5 Å². The van der Waals surface area contributed by atoms with Crippen molar-refractivity contribution in [3.63, 3.8) is 0 Å². The van der Waals surface area contributed by atoms with Gasteiger partial charge in [0.05, 0.1) is 17.3 Å². The largest absolute Gasteiger partial charge is 0.508 e. The predicted octanol–water partition coefficient (Wildman–Crippen LogP) is 5.58. The molecule has 0 saturated heterocycles. The van der Waals surface area contributed by atoms with Gasteiger partial charge in [-0.05, 0) is 67.1 Å². The number of hydrogen-bond acceptors (Lipinski definition) is 3. The Morgan fingerprint density at radius 3 is 2.48 bits per heavy atom. The first-order valence-corrected chi connectivity index (χ1v) is 11.1. The van der Waals surface area contributed by atoms with E-state index in [1.54, 1.807) is 12.1 Å². The van der Waals surface area contributed by atoms with Crippen LogP contribution >= 0.6 is 0 Å². The van der Waals surface area contributed by atoms with Gasteiger partial charge < -0.3 is 5.11 Å². The topological polar surface area (TPSA) is 49.7 Å². The monoisotopic (exact) mass is 387 g/mol. The lowest BCUT2D eigenvalue weighted by Crippen LogP contribution is -2.34. The summed E-state index contributed by atoms with van der Waals surface area (Å²) in [5, 5.41) is 9.91. The van der Waals surface area contributed by atoms with Gasteiger partial charge in [0.2, 0.25) is 0 Å². The highest BCUT2D eigenvalue weighted by molar-refractivity contribution is 6.44. The third kappa shape index (κ3) is 3.41. The quantitative estimate of drug-likeness (QED) is 0.664. The summed E-state index contributed by atoms with van der Waals surface area (Å²) in [7, 11) is 0. The minimum absolute atomic E-state index is 0.0102. The number of carbonyl (C=O) groups excluding carboxylic acids is 1. The van der Waals surface area contributed by atoms with Crippen LogP contribution in [0.3, 0.4) is 0 Å². The Balaban J connectivity index is 1.44. The van der Waals surface area contributed by atoms with Crippen LogP contribution in [-0.4, -0.2) is 16.6 Å². The Kier molecular flexibility index (Phi) is 4.57. The summed E-state index contributed by atoms with van der Waals surface area (Å²) in [5.41, 5.74) is 3.41. The second kappa shape index (κ2) is 7.12. The minimum Gasteiger partial charge on any atom is -0.508 e. The first kappa shape index (κ1) is 18.6. The first-order chi connectivity index (χ1) is 14.0. The molecule has 1 aromatic carbocycles. The van der Waals surface area contributed by atoms with Gasteiger partial charge in [0, 0.05) is 11.5 Å². The van der Waals surface area contributed by atoms with Crippen LogP contribution in [0, 0.1) is 35.5 Å². The van der Waals surface area contributed by atoms with Gasteiger partial charge in [-0.15, -0.1) is 0 Å². The molecule has 1 aliphatic heterocycles. The Morgan fingerprint density at radius 2 is 1.83 bits per heavy atom. The molecule has 150 valence electrons. The first-order valence-electron chi connectivity index (χ1n) is 11.1. The van der Waals surface area contributed by atoms with E-state index in [2.05, 4.69) is 26.0 Å². The zero-order valence-corrected chi connectivity index (χ0v) is 17.2. The van der Waals surface area contributed by atoms with E-state index in [9.17, 15) is 9.90 Å². The van der Waals surface area contributed by atoms with Crippen LogP contribution < -0.4 is 0 Å². The molecule has 3 heteroatoms. The number of phenolic OH excluding ortho intramolecular Hbond substituents is 1. The van der Waals surface area contributed by atoms with E-state index in [0.717, 1.165) is 28.7 Å². The van der Waals surface area contributed by atoms with E-state index in [4.69, 9.17) is 4.99 Å². The predicted molar refractivity (Wildman–Crippen MR) is 117 cm³/mol. The van der Waals surface area contributed by atoms with E-state index < -0.39 is 0 Å². The molecule has 0 amide bonds. The molecule has 3 unspecified atom stereocenters. The minimum atomic E-state index is -0.0696. The maximum Gasteiger partial charge on any atom is 0.181 e. The molecule has 2 fully saturated rings. The molecule has 4 aliphatic rings. The average Bonchev–Trinajstić information content (AvgIpc) is 3.66. The van der Waals surface area contributed by atoms with Gasteiger partial charge in [0.25, 0.3) is 0 Å². The molecular weight excluding hydrogens is 358 g/mol. The number of benzene rings is 1. The maximum atomic E-state index is 13.6. The van der Waals surface area contributed by atoms with E-state index in [0.29, 0.717) is 17.5 Å². The fraction of sp³-hybridized carbons (Fsp3) is 0.462. The van der Waals surface area contributed by atoms with Crippen molar-refractivity contribution in [3.05, 3.63) is 59.7 Å². The number of carbonyl (C=O) groups is 1. The molecule has 5 rings (SSSR count). The van der Waals surface area contributed by atoms with Crippen molar-refractivity contribution < 1.29 is 9.90 Å². The third-order valence-corrected chi connectivity index (χ3v) is 7.34. The van der Waals surface area contributed by atoms with Gasteiger partial charge in [0.15, 0.2) is 5.78 Å². The maximum absolute atomic E-state index is 13.6. The highest BCUT2D eigenvalue weighted by Gasteiger charge is 2.47. The molecule has 1 aromatic rings. The molecule has 1 heterocycles. The number of hydrogen-bond donors (Lipinski definition) is 1. The van der Waals surface area contributed by atoms with Crippen LogP contribution in [0.2, 0.25) is 0 Å². The Hall–Kier alpha value is -2.42. The molecule has 3 aliphatic carbocycles. The Labute approximate surface area is 172 Å². The van der Waals surface area contributed by atoms with E-state index in [1.807, 2.05) is 24.3 Å².